The van der Waals surface area contributed by atoms with Crippen LogP contribution >= 0.6 is 11.3 Å². The molecule has 0 aromatic carbocycles. The monoisotopic (exact) mass is 388 g/mol. The van der Waals surface area contributed by atoms with E-state index in [0.29, 0.717) is 31.7 Å². The fourth-order valence-corrected chi connectivity index (χ4v) is 5.68. The second-order valence-electron chi connectivity index (χ2n) is 6.61. The van der Waals surface area contributed by atoms with Gasteiger partial charge < -0.3 is 10.4 Å². The van der Waals surface area contributed by atoms with E-state index in [9.17, 15) is 18.0 Å². The number of carboxylic acids is 1. The Morgan fingerprint density at radius 1 is 1.40 bits per heavy atom. The average molecular weight is 389 g/mol. The van der Waals surface area contributed by atoms with Crippen LogP contribution in [-0.4, -0.2) is 49.3 Å². The summed E-state index contributed by atoms with van der Waals surface area (Å²) in [4.78, 5) is 23.5. The molecule has 2 rings (SSSR count). The number of carbonyl (C=O) groups is 2. The van der Waals surface area contributed by atoms with Gasteiger partial charge in [0.15, 0.2) is 0 Å². The van der Waals surface area contributed by atoms with Gasteiger partial charge in [0, 0.05) is 30.9 Å². The molecule has 1 aliphatic heterocycles. The number of aliphatic carboxylic acids is 1. The summed E-state index contributed by atoms with van der Waals surface area (Å²) in [5.74, 6) is -1.29. The quantitative estimate of drug-likeness (QED) is 0.703. The van der Waals surface area contributed by atoms with Crippen LogP contribution in [0.3, 0.4) is 0 Å². The maximum absolute atomic E-state index is 12.6. The summed E-state index contributed by atoms with van der Waals surface area (Å²) < 4.78 is 26.7. The normalized spacial score (nSPS) is 18.6. The Morgan fingerprint density at radius 2 is 2.12 bits per heavy atom. The van der Waals surface area contributed by atoms with Crippen molar-refractivity contribution in [2.45, 2.75) is 37.3 Å². The number of amides is 1. The molecule has 0 aliphatic carbocycles. The lowest BCUT2D eigenvalue weighted by atomic mass is 10.1. The summed E-state index contributed by atoms with van der Waals surface area (Å²) in [7, 11) is -3.64. The van der Waals surface area contributed by atoms with Gasteiger partial charge in [-0.2, -0.15) is 4.31 Å². The molecule has 0 spiro atoms. The van der Waals surface area contributed by atoms with Gasteiger partial charge in [0.1, 0.15) is 4.21 Å². The van der Waals surface area contributed by atoms with Crippen LogP contribution in [-0.2, 0) is 26.0 Å². The fourth-order valence-electron chi connectivity index (χ4n) is 2.67. The zero-order chi connectivity index (χ0) is 18.6. The van der Waals surface area contributed by atoms with Crippen molar-refractivity contribution in [1.29, 1.82) is 0 Å². The zero-order valence-electron chi connectivity index (χ0n) is 14.4. The Hall–Kier alpha value is -1.45. The first-order valence-electron chi connectivity index (χ1n) is 8.28. The average Bonchev–Trinajstić information content (AvgIpc) is 3.16. The number of carbonyl (C=O) groups excluding carboxylic acids is 1. The highest BCUT2D eigenvalue weighted by Crippen LogP contribution is 2.29. The minimum atomic E-state index is -3.64. The molecule has 1 aromatic heterocycles. The van der Waals surface area contributed by atoms with E-state index in [-0.39, 0.29) is 23.2 Å². The van der Waals surface area contributed by atoms with E-state index in [0.717, 1.165) is 4.88 Å². The Labute approximate surface area is 152 Å². The molecule has 9 heteroatoms. The summed E-state index contributed by atoms with van der Waals surface area (Å²) in [6, 6.07) is 3.30. The predicted molar refractivity (Wildman–Crippen MR) is 95.0 cm³/mol. The molecule has 1 aliphatic rings. The van der Waals surface area contributed by atoms with Crippen molar-refractivity contribution in [3.63, 3.8) is 0 Å². The number of nitrogens with one attached hydrogen (secondary N) is 1. The molecule has 7 nitrogen and oxygen atoms in total. The molecule has 2 N–H and O–H groups in total. The van der Waals surface area contributed by atoms with Gasteiger partial charge in [-0.05, 0) is 30.9 Å². The molecule has 1 unspecified atom stereocenters. The minimum Gasteiger partial charge on any atom is -0.481 e. The number of thiophene rings is 1. The summed E-state index contributed by atoms with van der Waals surface area (Å²) in [6.45, 7) is 4.68. The van der Waals surface area contributed by atoms with Crippen LogP contribution in [0.5, 0.6) is 0 Å². The van der Waals surface area contributed by atoms with E-state index in [1.807, 2.05) is 13.8 Å². The number of hydrogen-bond donors (Lipinski definition) is 2. The third kappa shape index (κ3) is 5.26. The van der Waals surface area contributed by atoms with E-state index >= 15 is 0 Å². The van der Waals surface area contributed by atoms with Crippen molar-refractivity contribution in [1.82, 2.24) is 9.62 Å². The topological polar surface area (TPSA) is 104 Å². The lowest BCUT2D eigenvalue weighted by molar-refractivity contribution is -0.141. The van der Waals surface area contributed by atoms with Crippen molar-refractivity contribution < 1.29 is 23.1 Å². The number of hydrogen-bond acceptors (Lipinski definition) is 5. The highest BCUT2D eigenvalue weighted by Gasteiger charge is 2.36. The van der Waals surface area contributed by atoms with Crippen LogP contribution in [0.1, 0.15) is 31.6 Å². The minimum absolute atomic E-state index is 0.00354. The van der Waals surface area contributed by atoms with Crippen molar-refractivity contribution >= 4 is 33.2 Å². The van der Waals surface area contributed by atoms with Crippen LogP contribution in [0.4, 0.5) is 0 Å². The van der Waals surface area contributed by atoms with Gasteiger partial charge in [-0.25, -0.2) is 8.42 Å². The molecule has 0 saturated carbocycles. The Bertz CT molecular complexity index is 727. The highest BCUT2D eigenvalue weighted by molar-refractivity contribution is 7.91. The molecule has 1 atom stereocenters. The van der Waals surface area contributed by atoms with E-state index in [2.05, 4.69) is 5.32 Å². The van der Waals surface area contributed by atoms with Gasteiger partial charge in [0.2, 0.25) is 5.91 Å². The lowest BCUT2D eigenvalue weighted by Gasteiger charge is -2.14. The number of rotatable bonds is 8. The van der Waals surface area contributed by atoms with Gasteiger partial charge in [-0.15, -0.1) is 11.3 Å². The van der Waals surface area contributed by atoms with E-state index in [1.54, 1.807) is 12.1 Å². The van der Waals surface area contributed by atoms with Gasteiger partial charge in [0.25, 0.3) is 10.0 Å². The smallest absolute Gasteiger partial charge is 0.307 e. The summed E-state index contributed by atoms with van der Waals surface area (Å²) in [5, 5.41) is 11.8. The largest absolute Gasteiger partial charge is 0.481 e. The molecule has 140 valence electrons. The molecule has 1 fully saturated rings. The first-order valence-corrected chi connectivity index (χ1v) is 10.5. The van der Waals surface area contributed by atoms with Gasteiger partial charge in [-0.1, -0.05) is 13.8 Å². The maximum Gasteiger partial charge on any atom is 0.307 e. The predicted octanol–water partition coefficient (Wildman–Crippen LogP) is 1.55. The highest BCUT2D eigenvalue weighted by atomic mass is 32.2. The maximum atomic E-state index is 12.6. The second-order valence-corrected chi connectivity index (χ2v) is 9.94. The van der Waals surface area contributed by atoms with Crippen LogP contribution in [0.25, 0.3) is 0 Å². The molecule has 0 radical (unpaired) electrons. The van der Waals surface area contributed by atoms with E-state index in [4.69, 9.17) is 5.11 Å². The number of nitrogens with zero attached hydrogens (tertiary/aromatic N) is 1. The molecule has 25 heavy (non-hydrogen) atoms. The Morgan fingerprint density at radius 3 is 2.72 bits per heavy atom. The molecular weight excluding hydrogens is 364 g/mol. The molecule has 1 amide bonds. The molecule has 1 aromatic rings. The van der Waals surface area contributed by atoms with Gasteiger partial charge in [-0.3, -0.25) is 9.59 Å². The third-order valence-corrected chi connectivity index (χ3v) is 7.50. The summed E-state index contributed by atoms with van der Waals surface area (Å²) in [6.07, 6.45) is 1.39. The van der Waals surface area contributed by atoms with Gasteiger partial charge in [0.05, 0.1) is 5.92 Å². The SMILES string of the molecule is CC(C)CC(=O)NCCc1ccc(S(=O)(=O)N2CCC(C(=O)O)C2)s1. The first-order chi connectivity index (χ1) is 11.7. The van der Waals surface area contributed by atoms with Crippen LogP contribution in [0, 0.1) is 11.8 Å². The number of sulfonamides is 1. The Kier molecular flexibility index (Phi) is 6.59. The molecule has 1 saturated heterocycles. The fraction of sp³-hybridized carbons (Fsp3) is 0.625. The van der Waals surface area contributed by atoms with Crippen molar-refractivity contribution in [3.8, 4) is 0 Å². The Balaban J connectivity index is 1.92. The molecule has 0 bridgehead atoms. The van der Waals surface area contributed by atoms with Crippen LogP contribution in [0.2, 0.25) is 0 Å². The first kappa shape index (κ1) is 19.9. The van der Waals surface area contributed by atoms with Crippen molar-refractivity contribution in [2.75, 3.05) is 19.6 Å². The number of carboxylic acid groups (broad SMARTS) is 1. The van der Waals surface area contributed by atoms with Crippen molar-refractivity contribution in [3.05, 3.63) is 17.0 Å². The summed E-state index contributed by atoms with van der Waals surface area (Å²) >= 11 is 1.17. The van der Waals surface area contributed by atoms with E-state index in [1.165, 1.54) is 15.6 Å². The van der Waals surface area contributed by atoms with Gasteiger partial charge >= 0.3 is 5.97 Å². The van der Waals surface area contributed by atoms with Crippen LogP contribution in [0.15, 0.2) is 16.3 Å². The second kappa shape index (κ2) is 8.29. The standard InChI is InChI=1S/C16H24N2O5S2/c1-11(2)9-14(19)17-7-5-13-3-4-15(24-13)25(22,23)18-8-6-12(10-18)16(20)21/h3-4,11-12H,5-10H2,1-2H3,(H,17,19)(H,20,21). The summed E-state index contributed by atoms with van der Waals surface area (Å²) in [5.41, 5.74) is 0. The zero-order valence-corrected chi connectivity index (χ0v) is 16.0. The molecular formula is C16H24N2O5S2. The third-order valence-electron chi connectivity index (χ3n) is 4.02. The lowest BCUT2D eigenvalue weighted by Crippen LogP contribution is -2.29. The van der Waals surface area contributed by atoms with Crippen molar-refractivity contribution in [2.24, 2.45) is 11.8 Å². The molecule has 2 heterocycles. The van der Waals surface area contributed by atoms with Crippen LogP contribution < -0.4 is 5.32 Å². The van der Waals surface area contributed by atoms with E-state index < -0.39 is 21.9 Å².